The first kappa shape index (κ1) is 26.4. The molecule has 0 unspecified atom stereocenters. The fourth-order valence-electron chi connectivity index (χ4n) is 3.93. The summed E-state index contributed by atoms with van der Waals surface area (Å²) in [6.45, 7) is -0.0375. The van der Waals surface area contributed by atoms with Crippen LogP contribution < -0.4 is 9.47 Å². The van der Waals surface area contributed by atoms with Crippen molar-refractivity contribution in [3.05, 3.63) is 102 Å². The lowest BCUT2D eigenvalue weighted by atomic mass is 10.2. The first-order valence-electron chi connectivity index (χ1n) is 11.9. The van der Waals surface area contributed by atoms with Crippen molar-refractivity contribution < 1.29 is 17.9 Å². The highest BCUT2D eigenvalue weighted by Gasteiger charge is 2.28. The summed E-state index contributed by atoms with van der Waals surface area (Å²) in [7, 11) is -0.777. The van der Waals surface area contributed by atoms with Gasteiger partial charge < -0.3 is 9.47 Å². The van der Waals surface area contributed by atoms with Gasteiger partial charge in [-0.1, -0.05) is 18.2 Å². The largest absolute Gasteiger partial charge is 0.497 e. The number of sulfonamides is 1. The molecule has 0 aliphatic rings. The molecule has 0 spiro atoms. The monoisotopic (exact) mass is 559 g/mol. The van der Waals surface area contributed by atoms with Gasteiger partial charge in [0.05, 0.1) is 61.5 Å². The maximum Gasteiger partial charge on any atom is 0.253 e. The second-order valence-electron chi connectivity index (χ2n) is 8.40. The highest BCUT2D eigenvalue weighted by Crippen LogP contribution is 2.29. The molecule has 0 radical (unpaired) electrons. The van der Waals surface area contributed by atoms with E-state index in [9.17, 15) is 8.42 Å². The van der Waals surface area contributed by atoms with Gasteiger partial charge in [-0.05, 0) is 35.7 Å². The van der Waals surface area contributed by atoms with Crippen molar-refractivity contribution in [2.75, 3.05) is 14.2 Å². The third kappa shape index (κ3) is 6.11. The minimum absolute atomic E-state index is 0.0188. The van der Waals surface area contributed by atoms with Gasteiger partial charge in [-0.15, -0.1) is 11.3 Å². The quantitative estimate of drug-likeness (QED) is 0.233. The Labute approximate surface area is 230 Å². The van der Waals surface area contributed by atoms with Crippen LogP contribution >= 0.6 is 11.3 Å². The third-order valence-corrected chi connectivity index (χ3v) is 8.96. The van der Waals surface area contributed by atoms with Crippen molar-refractivity contribution in [3.63, 3.8) is 0 Å². The van der Waals surface area contributed by atoms with E-state index in [1.54, 1.807) is 68.4 Å². The second kappa shape index (κ2) is 11.7. The van der Waals surface area contributed by atoms with Gasteiger partial charge in [0.25, 0.3) is 10.0 Å². The molecule has 0 aromatic carbocycles. The van der Waals surface area contributed by atoms with Gasteiger partial charge in [-0.25, -0.2) is 18.4 Å². The third-order valence-electron chi connectivity index (χ3n) is 5.80. The molecular formula is C28H25N5O4S2. The van der Waals surface area contributed by atoms with Crippen LogP contribution in [-0.2, 0) is 23.1 Å². The fraction of sp³-hybridized carbons (Fsp3) is 0.143. The number of rotatable bonds is 10. The summed E-state index contributed by atoms with van der Waals surface area (Å²) in [6.07, 6.45) is 3.36. The number of thiophene rings is 1. The molecule has 5 aromatic heterocycles. The molecule has 0 bridgehead atoms. The van der Waals surface area contributed by atoms with Gasteiger partial charge in [-0.3, -0.25) is 9.97 Å². The van der Waals surface area contributed by atoms with E-state index in [-0.39, 0.29) is 17.3 Å². The Kier molecular flexibility index (Phi) is 7.92. The number of ether oxygens (including phenoxy) is 2. The molecular weight excluding hydrogens is 534 g/mol. The molecule has 5 rings (SSSR count). The summed E-state index contributed by atoms with van der Waals surface area (Å²) in [4.78, 5) is 18.2. The number of nitrogens with zero attached hydrogens (tertiary/aromatic N) is 5. The minimum Gasteiger partial charge on any atom is -0.497 e. The van der Waals surface area contributed by atoms with Gasteiger partial charge >= 0.3 is 0 Å². The summed E-state index contributed by atoms with van der Waals surface area (Å²) >= 11 is 1.15. The Bertz CT molecular complexity index is 1560. The first-order chi connectivity index (χ1) is 19.0. The molecule has 39 heavy (non-hydrogen) atoms. The molecule has 9 nitrogen and oxygen atoms in total. The molecule has 11 heteroatoms. The number of hydrogen-bond donors (Lipinski definition) is 0. The second-order valence-corrected chi connectivity index (χ2v) is 11.5. The Morgan fingerprint density at radius 3 is 1.67 bits per heavy atom. The summed E-state index contributed by atoms with van der Waals surface area (Å²) in [6, 6.07) is 21.3. The number of hydrogen-bond acceptors (Lipinski definition) is 9. The molecule has 0 amide bonds. The van der Waals surface area contributed by atoms with E-state index in [4.69, 9.17) is 19.4 Å². The summed E-state index contributed by atoms with van der Waals surface area (Å²) < 4.78 is 40.2. The number of pyridine rings is 4. The SMILES string of the molecule is COc1cc(CN(Cc2cc(OC)cc(-c3ccccn3)n2)S(=O)(=O)c2cccs2)nc(-c2ccccn2)c1. The molecule has 0 aliphatic heterocycles. The maximum atomic E-state index is 13.8. The van der Waals surface area contributed by atoms with Crippen LogP contribution in [0.3, 0.4) is 0 Å². The van der Waals surface area contributed by atoms with Crippen LogP contribution in [-0.4, -0.2) is 46.9 Å². The Morgan fingerprint density at radius 2 is 1.26 bits per heavy atom. The molecule has 5 heterocycles. The number of methoxy groups -OCH3 is 2. The van der Waals surface area contributed by atoms with Crippen molar-refractivity contribution in [1.29, 1.82) is 0 Å². The van der Waals surface area contributed by atoms with Crippen molar-refractivity contribution >= 4 is 21.4 Å². The van der Waals surface area contributed by atoms with Crippen molar-refractivity contribution in [2.45, 2.75) is 17.3 Å². The summed E-state index contributed by atoms with van der Waals surface area (Å²) in [5.74, 6) is 1.09. The predicted molar refractivity (Wildman–Crippen MR) is 149 cm³/mol. The lowest BCUT2D eigenvalue weighted by molar-refractivity contribution is 0.385. The van der Waals surface area contributed by atoms with E-state index < -0.39 is 10.0 Å². The van der Waals surface area contributed by atoms with Gasteiger partial charge in [0.1, 0.15) is 15.7 Å². The van der Waals surface area contributed by atoms with E-state index in [0.29, 0.717) is 45.7 Å². The van der Waals surface area contributed by atoms with Crippen LogP contribution in [0.5, 0.6) is 11.5 Å². The van der Waals surface area contributed by atoms with Crippen LogP contribution in [0.4, 0.5) is 0 Å². The maximum absolute atomic E-state index is 13.8. The highest BCUT2D eigenvalue weighted by atomic mass is 32.2. The van der Waals surface area contributed by atoms with Gasteiger partial charge in [0.2, 0.25) is 0 Å². The predicted octanol–water partition coefficient (Wildman–Crippen LogP) is 5.07. The zero-order chi connectivity index (χ0) is 27.2. The Hall–Kier alpha value is -4.19. The van der Waals surface area contributed by atoms with Crippen LogP contribution in [0.25, 0.3) is 22.8 Å². The average Bonchev–Trinajstić information content (AvgIpc) is 3.54. The zero-order valence-electron chi connectivity index (χ0n) is 21.3. The molecule has 5 aromatic rings. The summed E-state index contributed by atoms with van der Waals surface area (Å²) in [5.41, 5.74) is 3.47. The lowest BCUT2D eigenvalue weighted by Crippen LogP contribution is -2.30. The van der Waals surface area contributed by atoms with E-state index in [1.165, 1.54) is 4.31 Å². The molecule has 0 saturated heterocycles. The summed E-state index contributed by atoms with van der Waals surface area (Å²) in [5, 5.41) is 1.73. The molecule has 0 fully saturated rings. The van der Waals surface area contributed by atoms with Crippen LogP contribution in [0.2, 0.25) is 0 Å². The lowest BCUT2D eigenvalue weighted by Gasteiger charge is -2.22. The number of aromatic nitrogens is 4. The Morgan fingerprint density at radius 1 is 0.718 bits per heavy atom. The minimum atomic E-state index is -3.89. The Balaban J connectivity index is 1.56. The van der Waals surface area contributed by atoms with Crippen LogP contribution in [0.15, 0.2) is 94.8 Å². The van der Waals surface area contributed by atoms with Crippen molar-refractivity contribution in [3.8, 4) is 34.3 Å². The standard InChI is InChI=1S/C28H25N5O4S2/c1-36-22-14-20(31-26(16-22)24-8-3-5-11-29-24)18-33(39(34,35)28-10-7-13-38-28)19-21-15-23(37-2)17-27(32-21)25-9-4-6-12-30-25/h3-17H,18-19H2,1-2H3. The van der Waals surface area contributed by atoms with E-state index in [2.05, 4.69) is 9.97 Å². The molecule has 0 atom stereocenters. The van der Waals surface area contributed by atoms with E-state index >= 15 is 0 Å². The fourth-order valence-corrected chi connectivity index (χ4v) is 6.46. The molecule has 198 valence electrons. The van der Waals surface area contributed by atoms with Crippen molar-refractivity contribution in [2.24, 2.45) is 0 Å². The highest BCUT2D eigenvalue weighted by molar-refractivity contribution is 7.91. The smallest absolute Gasteiger partial charge is 0.253 e. The molecule has 0 aliphatic carbocycles. The van der Waals surface area contributed by atoms with Gasteiger partial charge in [0, 0.05) is 36.7 Å². The van der Waals surface area contributed by atoms with Crippen LogP contribution in [0, 0.1) is 0 Å². The van der Waals surface area contributed by atoms with E-state index in [0.717, 1.165) is 11.3 Å². The first-order valence-corrected chi connectivity index (χ1v) is 14.2. The van der Waals surface area contributed by atoms with Crippen molar-refractivity contribution in [1.82, 2.24) is 24.2 Å². The van der Waals surface area contributed by atoms with Gasteiger partial charge in [-0.2, -0.15) is 4.31 Å². The average molecular weight is 560 g/mol. The van der Waals surface area contributed by atoms with Crippen LogP contribution in [0.1, 0.15) is 11.4 Å². The molecule has 0 N–H and O–H groups in total. The van der Waals surface area contributed by atoms with Gasteiger partial charge in [0.15, 0.2) is 0 Å². The normalized spacial score (nSPS) is 11.5. The zero-order valence-corrected chi connectivity index (χ0v) is 22.9. The topological polar surface area (TPSA) is 107 Å². The molecule has 0 saturated carbocycles. The van der Waals surface area contributed by atoms with E-state index in [1.807, 2.05) is 36.4 Å².